The molecule has 1 amide bonds. The minimum atomic E-state index is -3.37. The second kappa shape index (κ2) is 9.68. The molecule has 10 heteroatoms. The number of amides is 1. The molecule has 3 rings (SSSR count). The first-order valence-corrected chi connectivity index (χ1v) is 12.7. The first-order valence-electron chi connectivity index (χ1n) is 10.8. The van der Waals surface area contributed by atoms with E-state index in [2.05, 4.69) is 9.97 Å². The second-order valence-corrected chi connectivity index (χ2v) is 11.2. The van der Waals surface area contributed by atoms with Gasteiger partial charge in [0.2, 0.25) is 5.88 Å². The molecule has 0 atom stereocenters. The number of hydrogen-bond donors (Lipinski definition) is 0. The Labute approximate surface area is 184 Å². The average molecular weight is 456 g/mol. The fourth-order valence-corrected chi connectivity index (χ4v) is 4.28. The predicted octanol–water partition coefficient (Wildman–Crippen LogP) is 2.99. The van der Waals surface area contributed by atoms with E-state index in [4.69, 9.17) is 14.2 Å². The minimum Gasteiger partial charge on any atom is -0.473 e. The van der Waals surface area contributed by atoms with Gasteiger partial charge in [0, 0.05) is 19.3 Å². The molecule has 1 saturated heterocycles. The molecule has 0 N–H and O–H groups in total. The van der Waals surface area contributed by atoms with Gasteiger partial charge < -0.3 is 19.1 Å². The topological polar surface area (TPSA) is 108 Å². The average Bonchev–Trinajstić information content (AvgIpc) is 2.68. The van der Waals surface area contributed by atoms with Crippen LogP contribution in [0, 0.1) is 0 Å². The molecule has 2 heterocycles. The van der Waals surface area contributed by atoms with Gasteiger partial charge in [-0.2, -0.15) is 0 Å². The third-order valence-corrected chi connectivity index (χ3v) is 6.34. The molecule has 0 spiro atoms. The molecule has 0 unspecified atom stereocenters. The number of nitrogens with zero attached hydrogens (tertiary/aromatic N) is 3. The van der Waals surface area contributed by atoms with Crippen molar-refractivity contribution in [3.63, 3.8) is 0 Å². The summed E-state index contributed by atoms with van der Waals surface area (Å²) in [6.07, 6.45) is 8.91. The van der Waals surface area contributed by atoms with E-state index >= 15 is 0 Å². The summed E-state index contributed by atoms with van der Waals surface area (Å²) in [6, 6.07) is 0. The number of ether oxygens (including phenoxy) is 3. The molecule has 31 heavy (non-hydrogen) atoms. The van der Waals surface area contributed by atoms with Crippen molar-refractivity contribution in [3.05, 3.63) is 12.4 Å². The molecular weight excluding hydrogens is 422 g/mol. The van der Waals surface area contributed by atoms with Gasteiger partial charge in [-0.05, 0) is 59.3 Å². The lowest BCUT2D eigenvalue weighted by molar-refractivity contribution is -0.0678. The summed E-state index contributed by atoms with van der Waals surface area (Å²) in [5, 5.41) is -0.0605. The maximum atomic E-state index is 12.2. The second-order valence-electron chi connectivity index (χ2n) is 9.28. The van der Waals surface area contributed by atoms with E-state index in [1.165, 1.54) is 12.4 Å². The lowest BCUT2D eigenvalue weighted by atomic mass is 9.94. The highest BCUT2D eigenvalue weighted by molar-refractivity contribution is 7.90. The largest absolute Gasteiger partial charge is 0.473 e. The fraction of sp³-hybridized carbons (Fsp3) is 0.762. The molecule has 1 aliphatic carbocycles. The highest BCUT2D eigenvalue weighted by Crippen LogP contribution is 2.27. The quantitative estimate of drug-likeness (QED) is 0.667. The highest BCUT2D eigenvalue weighted by atomic mass is 32.2. The molecule has 9 nitrogen and oxygen atoms in total. The first kappa shape index (κ1) is 23.7. The molecule has 174 valence electrons. The Morgan fingerprint density at radius 2 is 1.55 bits per heavy atom. The van der Waals surface area contributed by atoms with Crippen LogP contribution in [0.4, 0.5) is 4.79 Å². The van der Waals surface area contributed by atoms with Crippen molar-refractivity contribution in [1.82, 2.24) is 14.9 Å². The van der Waals surface area contributed by atoms with Gasteiger partial charge in [-0.25, -0.2) is 23.2 Å². The lowest BCUT2D eigenvalue weighted by Crippen LogP contribution is -2.44. The molecule has 2 fully saturated rings. The van der Waals surface area contributed by atoms with Crippen molar-refractivity contribution < 1.29 is 27.4 Å². The van der Waals surface area contributed by atoms with Gasteiger partial charge in [0.1, 0.15) is 11.7 Å². The molecule has 0 bridgehead atoms. The molecule has 1 aromatic heterocycles. The van der Waals surface area contributed by atoms with Gasteiger partial charge in [-0.15, -0.1) is 0 Å². The van der Waals surface area contributed by atoms with E-state index in [1.807, 2.05) is 20.8 Å². The zero-order chi connectivity index (χ0) is 22.6. The minimum absolute atomic E-state index is 0.0206. The smallest absolute Gasteiger partial charge is 0.410 e. The molecule has 0 radical (unpaired) electrons. The first-order chi connectivity index (χ1) is 14.5. The summed E-state index contributed by atoms with van der Waals surface area (Å²) in [4.78, 5) is 21.9. The van der Waals surface area contributed by atoms with Crippen LogP contribution < -0.4 is 4.74 Å². The molecule has 1 aromatic rings. The summed E-state index contributed by atoms with van der Waals surface area (Å²) in [7, 11) is -3.37. The molecule has 2 aliphatic rings. The fourth-order valence-electron chi connectivity index (χ4n) is 3.79. The Morgan fingerprint density at radius 1 is 0.968 bits per heavy atom. The van der Waals surface area contributed by atoms with Crippen molar-refractivity contribution >= 4 is 15.9 Å². The monoisotopic (exact) mass is 455 g/mol. The van der Waals surface area contributed by atoms with Gasteiger partial charge in [0.05, 0.1) is 24.6 Å². The van der Waals surface area contributed by atoms with E-state index in [-0.39, 0.29) is 29.4 Å². The third kappa shape index (κ3) is 7.31. The molecule has 1 saturated carbocycles. The summed E-state index contributed by atoms with van der Waals surface area (Å²) < 4.78 is 40.5. The van der Waals surface area contributed by atoms with Crippen LogP contribution in [0.15, 0.2) is 17.4 Å². The maximum Gasteiger partial charge on any atom is 0.410 e. The van der Waals surface area contributed by atoms with Crippen LogP contribution in [-0.4, -0.2) is 72.6 Å². The van der Waals surface area contributed by atoms with Crippen molar-refractivity contribution in [2.45, 2.75) is 88.2 Å². The van der Waals surface area contributed by atoms with Crippen molar-refractivity contribution in [1.29, 1.82) is 0 Å². The van der Waals surface area contributed by atoms with Crippen molar-refractivity contribution in [3.8, 4) is 5.88 Å². The zero-order valence-corrected chi connectivity index (χ0v) is 19.6. The summed E-state index contributed by atoms with van der Waals surface area (Å²) in [5.41, 5.74) is -0.480. The van der Waals surface area contributed by atoms with Gasteiger partial charge in [0.15, 0.2) is 14.9 Å². The standard InChI is InChI=1S/C21H33N3O6S/c1-21(2,3)30-20(25)24-11-9-17(10-12-24)28-15-5-7-16(8-6-15)29-18-13-23-19(14-22-18)31(4,26)27/h13-17H,5-12H2,1-4H3/t15-,16-. The predicted molar refractivity (Wildman–Crippen MR) is 114 cm³/mol. The van der Waals surface area contributed by atoms with Gasteiger partial charge in [-0.1, -0.05) is 0 Å². The molecule has 1 aliphatic heterocycles. The number of carbonyl (C=O) groups is 1. The van der Waals surface area contributed by atoms with E-state index in [0.29, 0.717) is 19.0 Å². The summed E-state index contributed by atoms with van der Waals surface area (Å²) in [6.45, 7) is 6.93. The number of piperidine rings is 1. The number of hydrogen-bond acceptors (Lipinski definition) is 8. The maximum absolute atomic E-state index is 12.2. The third-order valence-electron chi connectivity index (χ3n) is 5.37. The number of likely N-dealkylation sites (tertiary alicyclic amines) is 1. The summed E-state index contributed by atoms with van der Waals surface area (Å²) >= 11 is 0. The Balaban J connectivity index is 1.37. The van der Waals surface area contributed by atoms with Gasteiger partial charge in [-0.3, -0.25) is 0 Å². The van der Waals surface area contributed by atoms with Crippen LogP contribution in [0.5, 0.6) is 5.88 Å². The lowest BCUT2D eigenvalue weighted by Gasteiger charge is -2.36. The Hall–Kier alpha value is -1.94. The van der Waals surface area contributed by atoms with E-state index in [1.54, 1.807) is 4.90 Å². The van der Waals surface area contributed by atoms with Crippen LogP contribution >= 0.6 is 0 Å². The zero-order valence-electron chi connectivity index (χ0n) is 18.7. The Kier molecular flexibility index (Phi) is 7.41. The van der Waals surface area contributed by atoms with E-state index in [9.17, 15) is 13.2 Å². The molecular formula is C21H33N3O6S. The van der Waals surface area contributed by atoms with E-state index in [0.717, 1.165) is 44.8 Å². The normalized spacial score (nSPS) is 23.4. The number of rotatable bonds is 5. The SMILES string of the molecule is CC(C)(C)OC(=O)N1CCC(O[C@H]2CC[C@H](Oc3cnc(S(C)(=O)=O)cn3)CC2)CC1. The van der Waals surface area contributed by atoms with Gasteiger partial charge >= 0.3 is 6.09 Å². The van der Waals surface area contributed by atoms with Crippen LogP contribution in [0.3, 0.4) is 0 Å². The van der Waals surface area contributed by atoms with Crippen molar-refractivity contribution in [2.24, 2.45) is 0 Å². The Bertz CT molecular complexity index is 837. The number of carbonyl (C=O) groups excluding carboxylic acids is 1. The van der Waals surface area contributed by atoms with Crippen LogP contribution in [0.2, 0.25) is 0 Å². The van der Waals surface area contributed by atoms with Crippen LogP contribution in [0.1, 0.15) is 59.3 Å². The summed E-state index contributed by atoms with van der Waals surface area (Å²) in [5.74, 6) is 0.339. The van der Waals surface area contributed by atoms with Crippen molar-refractivity contribution in [2.75, 3.05) is 19.3 Å². The van der Waals surface area contributed by atoms with E-state index < -0.39 is 15.4 Å². The Morgan fingerprint density at radius 3 is 2.06 bits per heavy atom. The number of sulfone groups is 1. The molecule has 0 aromatic carbocycles. The number of aromatic nitrogens is 2. The van der Waals surface area contributed by atoms with Gasteiger partial charge in [0.25, 0.3) is 0 Å². The van der Waals surface area contributed by atoms with Crippen LogP contribution in [0.25, 0.3) is 0 Å². The highest BCUT2D eigenvalue weighted by Gasteiger charge is 2.30. The van der Waals surface area contributed by atoms with Crippen LogP contribution in [-0.2, 0) is 19.3 Å².